The molecule has 2 aromatic rings. The molecular weight excluding hydrogens is 218 g/mol. The van der Waals surface area contributed by atoms with Gasteiger partial charge in [0.15, 0.2) is 0 Å². The Kier molecular flexibility index (Phi) is 3.46. The Morgan fingerprint density at radius 3 is 2.82 bits per heavy atom. The number of amides is 1. The molecule has 6 heteroatoms. The average Bonchev–Trinajstić information content (AvgIpc) is 2.90. The monoisotopic (exact) mass is 231 g/mol. The summed E-state index contributed by atoms with van der Waals surface area (Å²) in [5.41, 5.74) is 6.91. The molecular formula is C11H13N5O. The first-order valence-electron chi connectivity index (χ1n) is 5.21. The summed E-state index contributed by atoms with van der Waals surface area (Å²) in [6.07, 6.45) is 1.28. The quantitative estimate of drug-likeness (QED) is 0.702. The second kappa shape index (κ2) is 5.22. The molecule has 17 heavy (non-hydrogen) atoms. The Bertz CT molecular complexity index is 468. The van der Waals surface area contributed by atoms with E-state index in [1.807, 2.05) is 30.3 Å². The number of rotatable bonds is 4. The molecule has 0 aliphatic carbocycles. The lowest BCUT2D eigenvalue weighted by Gasteiger charge is -2.12. The Labute approximate surface area is 98.3 Å². The van der Waals surface area contributed by atoms with Crippen molar-refractivity contribution in [2.75, 3.05) is 6.54 Å². The number of hydrogen-bond acceptors (Lipinski definition) is 4. The zero-order chi connectivity index (χ0) is 12.1. The summed E-state index contributed by atoms with van der Waals surface area (Å²) in [7, 11) is 0. The van der Waals surface area contributed by atoms with Gasteiger partial charge in [-0.25, -0.2) is 4.98 Å². The molecule has 0 aliphatic rings. The van der Waals surface area contributed by atoms with Crippen LogP contribution in [0, 0.1) is 0 Å². The van der Waals surface area contributed by atoms with Gasteiger partial charge in [0.1, 0.15) is 6.33 Å². The van der Waals surface area contributed by atoms with Crippen molar-refractivity contribution in [2.45, 2.75) is 6.04 Å². The highest BCUT2D eigenvalue weighted by atomic mass is 16.2. The Balaban J connectivity index is 1.89. The van der Waals surface area contributed by atoms with E-state index in [4.69, 9.17) is 5.73 Å². The number of hydrogen-bond donors (Lipinski definition) is 3. The van der Waals surface area contributed by atoms with Gasteiger partial charge in [-0.2, -0.15) is 5.10 Å². The molecule has 0 saturated heterocycles. The number of carbonyl (C=O) groups excluding carboxylic acids is 1. The predicted molar refractivity (Wildman–Crippen MR) is 62.1 cm³/mol. The average molecular weight is 231 g/mol. The van der Waals surface area contributed by atoms with Crippen molar-refractivity contribution in [3.8, 4) is 0 Å². The maximum Gasteiger partial charge on any atom is 0.288 e. The summed E-state index contributed by atoms with van der Waals surface area (Å²) in [6, 6.07) is 9.35. The minimum absolute atomic E-state index is 0.185. The second-order valence-electron chi connectivity index (χ2n) is 3.56. The van der Waals surface area contributed by atoms with Crippen LogP contribution in [0.4, 0.5) is 0 Å². The normalized spacial score (nSPS) is 12.1. The van der Waals surface area contributed by atoms with E-state index in [9.17, 15) is 4.79 Å². The lowest BCUT2D eigenvalue weighted by Crippen LogP contribution is -2.32. The van der Waals surface area contributed by atoms with Gasteiger partial charge >= 0.3 is 0 Å². The van der Waals surface area contributed by atoms with E-state index in [0.717, 1.165) is 5.56 Å². The molecule has 0 radical (unpaired) electrons. The van der Waals surface area contributed by atoms with Crippen LogP contribution in [-0.4, -0.2) is 27.6 Å². The molecule has 0 fully saturated rings. The molecule has 1 atom stereocenters. The minimum atomic E-state index is -0.311. The lowest BCUT2D eigenvalue weighted by atomic mass is 10.1. The van der Waals surface area contributed by atoms with E-state index in [0.29, 0.717) is 6.54 Å². The van der Waals surface area contributed by atoms with E-state index in [1.54, 1.807) is 0 Å². The summed E-state index contributed by atoms with van der Waals surface area (Å²) in [5.74, 6) is -0.126. The zero-order valence-corrected chi connectivity index (χ0v) is 9.13. The Morgan fingerprint density at radius 2 is 2.18 bits per heavy atom. The first-order chi connectivity index (χ1) is 8.27. The van der Waals surface area contributed by atoms with Crippen LogP contribution in [0.3, 0.4) is 0 Å². The smallest absolute Gasteiger partial charge is 0.288 e. The van der Waals surface area contributed by atoms with Gasteiger partial charge in [0, 0.05) is 12.6 Å². The largest absolute Gasteiger partial charge is 0.347 e. The molecule has 0 saturated carbocycles. The molecule has 88 valence electrons. The molecule has 1 heterocycles. The van der Waals surface area contributed by atoms with Crippen molar-refractivity contribution in [1.82, 2.24) is 20.5 Å². The lowest BCUT2D eigenvalue weighted by molar-refractivity contribution is 0.0941. The van der Waals surface area contributed by atoms with Crippen LogP contribution >= 0.6 is 0 Å². The topological polar surface area (TPSA) is 96.7 Å². The van der Waals surface area contributed by atoms with Gasteiger partial charge in [-0.15, -0.1) is 0 Å². The van der Waals surface area contributed by atoms with E-state index in [2.05, 4.69) is 20.5 Å². The van der Waals surface area contributed by atoms with Gasteiger partial charge in [0.2, 0.25) is 5.82 Å². The predicted octanol–water partition coefficient (Wildman–Crippen LogP) is 0.234. The van der Waals surface area contributed by atoms with Gasteiger partial charge in [0.05, 0.1) is 0 Å². The first-order valence-corrected chi connectivity index (χ1v) is 5.21. The summed E-state index contributed by atoms with van der Waals surface area (Å²) >= 11 is 0. The fraction of sp³-hybridized carbons (Fsp3) is 0.182. The summed E-state index contributed by atoms with van der Waals surface area (Å²) in [4.78, 5) is 15.3. The van der Waals surface area contributed by atoms with Gasteiger partial charge < -0.3 is 11.1 Å². The number of benzene rings is 1. The van der Waals surface area contributed by atoms with E-state index >= 15 is 0 Å². The third kappa shape index (κ3) is 2.88. The fourth-order valence-electron chi connectivity index (χ4n) is 1.42. The van der Waals surface area contributed by atoms with Crippen molar-refractivity contribution in [3.63, 3.8) is 0 Å². The third-order valence-electron chi connectivity index (χ3n) is 2.34. The van der Waals surface area contributed by atoms with Crippen LogP contribution in [-0.2, 0) is 0 Å². The van der Waals surface area contributed by atoms with Crippen LogP contribution in [0.1, 0.15) is 22.2 Å². The number of carbonyl (C=O) groups is 1. The highest BCUT2D eigenvalue weighted by Crippen LogP contribution is 2.07. The molecule has 1 aromatic carbocycles. The Hall–Kier alpha value is -2.21. The summed E-state index contributed by atoms with van der Waals surface area (Å²) in [5, 5.41) is 8.77. The molecule has 1 amide bonds. The maximum absolute atomic E-state index is 11.5. The highest BCUT2D eigenvalue weighted by molar-refractivity contribution is 5.90. The molecule has 1 aromatic heterocycles. The summed E-state index contributed by atoms with van der Waals surface area (Å²) < 4.78 is 0. The van der Waals surface area contributed by atoms with Gasteiger partial charge in [-0.1, -0.05) is 30.3 Å². The van der Waals surface area contributed by atoms with E-state index in [1.165, 1.54) is 6.33 Å². The number of H-pyrrole nitrogens is 1. The van der Waals surface area contributed by atoms with E-state index in [-0.39, 0.29) is 17.8 Å². The Morgan fingerprint density at radius 1 is 1.41 bits per heavy atom. The SMILES string of the molecule is NC(CNC(=O)c1ncn[nH]1)c1ccccc1. The third-order valence-corrected chi connectivity index (χ3v) is 2.34. The van der Waals surface area contributed by atoms with Crippen LogP contribution in [0.2, 0.25) is 0 Å². The van der Waals surface area contributed by atoms with Gasteiger partial charge in [-0.3, -0.25) is 9.89 Å². The number of nitrogens with zero attached hydrogens (tertiary/aromatic N) is 2. The van der Waals surface area contributed by atoms with Crippen LogP contribution in [0.25, 0.3) is 0 Å². The van der Waals surface area contributed by atoms with Gasteiger partial charge in [-0.05, 0) is 5.56 Å². The van der Waals surface area contributed by atoms with Crippen molar-refractivity contribution in [2.24, 2.45) is 5.73 Å². The van der Waals surface area contributed by atoms with Crippen molar-refractivity contribution < 1.29 is 4.79 Å². The maximum atomic E-state index is 11.5. The van der Waals surface area contributed by atoms with Crippen molar-refractivity contribution in [3.05, 3.63) is 48.0 Å². The number of nitrogens with two attached hydrogens (primary N) is 1. The van der Waals surface area contributed by atoms with Crippen LogP contribution in [0.5, 0.6) is 0 Å². The van der Waals surface area contributed by atoms with Crippen LogP contribution in [0.15, 0.2) is 36.7 Å². The number of aromatic nitrogens is 3. The van der Waals surface area contributed by atoms with Crippen LogP contribution < -0.4 is 11.1 Å². The van der Waals surface area contributed by atoms with Crippen molar-refractivity contribution >= 4 is 5.91 Å². The molecule has 2 rings (SSSR count). The minimum Gasteiger partial charge on any atom is -0.347 e. The van der Waals surface area contributed by atoms with Crippen molar-refractivity contribution in [1.29, 1.82) is 0 Å². The summed E-state index contributed by atoms with van der Waals surface area (Å²) in [6.45, 7) is 0.351. The highest BCUT2D eigenvalue weighted by Gasteiger charge is 2.11. The molecule has 0 aliphatic heterocycles. The number of aromatic amines is 1. The zero-order valence-electron chi connectivity index (χ0n) is 9.13. The first kappa shape index (κ1) is 11.3. The molecule has 0 spiro atoms. The molecule has 0 bridgehead atoms. The fourth-order valence-corrected chi connectivity index (χ4v) is 1.42. The standard InChI is InChI=1S/C11H13N5O/c12-9(8-4-2-1-3-5-8)6-13-11(17)10-14-7-15-16-10/h1-5,7,9H,6,12H2,(H,13,17)(H,14,15,16). The van der Waals surface area contributed by atoms with E-state index < -0.39 is 0 Å². The second-order valence-corrected chi connectivity index (χ2v) is 3.56. The molecule has 1 unspecified atom stereocenters. The molecule has 4 N–H and O–H groups in total. The molecule has 6 nitrogen and oxygen atoms in total. The number of nitrogens with one attached hydrogen (secondary N) is 2. The van der Waals surface area contributed by atoms with Gasteiger partial charge in [0.25, 0.3) is 5.91 Å².